The number of hydrazone groups is 1. The van der Waals surface area contributed by atoms with Crippen LogP contribution in [0.25, 0.3) is 0 Å². The van der Waals surface area contributed by atoms with Crippen LogP contribution in [0.1, 0.15) is 43.4 Å². The van der Waals surface area contributed by atoms with Gasteiger partial charge in [0.1, 0.15) is 5.75 Å². The van der Waals surface area contributed by atoms with Crippen LogP contribution in [0.3, 0.4) is 0 Å². The maximum atomic E-state index is 13.0. The maximum absolute atomic E-state index is 13.0. The van der Waals surface area contributed by atoms with Gasteiger partial charge in [-0.2, -0.15) is 5.10 Å². The summed E-state index contributed by atoms with van der Waals surface area (Å²) in [5.41, 5.74) is 2.35. The highest BCUT2D eigenvalue weighted by Gasteiger charge is 2.34. The molecule has 9 heteroatoms. The summed E-state index contributed by atoms with van der Waals surface area (Å²) in [5, 5.41) is 6.40. The quantitative estimate of drug-likeness (QED) is 0.240. The first kappa shape index (κ1) is 24.8. The smallest absolute Gasteiger partial charge is 0.308 e. The fourth-order valence-electron chi connectivity index (χ4n) is 3.96. The normalized spacial score (nSPS) is 16.5. The number of nitrogens with one attached hydrogen (secondary N) is 1. The van der Waals surface area contributed by atoms with Crippen LogP contribution < -0.4 is 20.8 Å². The fourth-order valence-corrected chi connectivity index (χ4v) is 3.96. The number of nitrogens with zero attached hydrogens (tertiary/aromatic N) is 2. The molecular weight excluding hydrogens is 436 g/mol. The second-order valence-electron chi connectivity index (χ2n) is 7.95. The van der Waals surface area contributed by atoms with E-state index >= 15 is 0 Å². The van der Waals surface area contributed by atoms with Gasteiger partial charge in [0.05, 0.1) is 32.4 Å². The first-order chi connectivity index (χ1) is 16.4. The number of nitrogens with two attached hydrogens (primary N) is 1. The molecule has 2 aromatic rings. The molecule has 1 aliphatic heterocycles. The number of methoxy groups -OCH3 is 1. The number of benzene rings is 2. The molecule has 0 bridgehead atoms. The Morgan fingerprint density at radius 2 is 1.91 bits per heavy atom. The zero-order valence-corrected chi connectivity index (χ0v) is 19.4. The monoisotopic (exact) mass is 466 g/mol. The molecule has 34 heavy (non-hydrogen) atoms. The third-order valence-electron chi connectivity index (χ3n) is 5.71. The Kier molecular flexibility index (Phi) is 8.61. The Balaban J connectivity index is 1.64. The van der Waals surface area contributed by atoms with Gasteiger partial charge in [0.2, 0.25) is 11.8 Å². The topological polar surface area (TPSA) is 123 Å². The molecule has 2 amide bonds. The van der Waals surface area contributed by atoms with Crippen molar-refractivity contribution < 1.29 is 23.9 Å². The fraction of sp³-hybridized carbons (Fsp3) is 0.360. The highest BCUT2D eigenvalue weighted by Crippen LogP contribution is 2.28. The minimum atomic E-state index is -0.568. The molecule has 0 aliphatic carbocycles. The number of rotatable bonds is 10. The molecule has 2 atom stereocenters. The van der Waals surface area contributed by atoms with Crippen LogP contribution in [0.5, 0.6) is 5.75 Å². The third kappa shape index (κ3) is 6.34. The van der Waals surface area contributed by atoms with E-state index in [1.807, 2.05) is 24.3 Å². The van der Waals surface area contributed by atoms with Crippen LogP contribution in [0.4, 0.5) is 5.69 Å². The minimum Gasteiger partial charge on any atom is -0.497 e. The molecule has 0 saturated carbocycles. The Morgan fingerprint density at radius 3 is 2.53 bits per heavy atom. The van der Waals surface area contributed by atoms with Crippen molar-refractivity contribution in [2.45, 2.75) is 32.2 Å². The molecule has 1 saturated heterocycles. The number of hydrogen-bond acceptors (Lipinski definition) is 7. The Bertz CT molecular complexity index is 1020. The summed E-state index contributed by atoms with van der Waals surface area (Å²) in [6.07, 6.45) is 2.14. The van der Waals surface area contributed by atoms with Crippen molar-refractivity contribution in [2.24, 2.45) is 16.9 Å². The SMILES string of the molecule is CCOC(=O)CC(NC(=O)CC1CCN(c2ccc(C=NN)cc2)C1=O)c1ccc(OC)cc1. The van der Waals surface area contributed by atoms with Gasteiger partial charge in [0.25, 0.3) is 0 Å². The molecule has 0 radical (unpaired) electrons. The van der Waals surface area contributed by atoms with Crippen molar-refractivity contribution in [1.82, 2.24) is 5.32 Å². The van der Waals surface area contributed by atoms with E-state index in [2.05, 4.69) is 10.4 Å². The Labute approximate surface area is 198 Å². The van der Waals surface area contributed by atoms with Gasteiger partial charge < -0.3 is 25.5 Å². The lowest BCUT2D eigenvalue weighted by atomic mass is 10.0. The van der Waals surface area contributed by atoms with E-state index in [1.54, 1.807) is 43.2 Å². The lowest BCUT2D eigenvalue weighted by molar-refractivity contribution is -0.144. The van der Waals surface area contributed by atoms with E-state index < -0.39 is 17.9 Å². The molecule has 3 rings (SSSR count). The highest BCUT2D eigenvalue weighted by molar-refractivity contribution is 5.99. The lowest BCUT2D eigenvalue weighted by Gasteiger charge is -2.20. The van der Waals surface area contributed by atoms with Crippen LogP contribution in [-0.2, 0) is 19.1 Å². The molecule has 0 spiro atoms. The van der Waals surface area contributed by atoms with Gasteiger partial charge in [0, 0.05) is 24.6 Å². The summed E-state index contributed by atoms with van der Waals surface area (Å²) in [4.78, 5) is 39.6. The van der Waals surface area contributed by atoms with Crippen LogP contribution in [0.15, 0.2) is 53.6 Å². The number of carbonyl (C=O) groups excluding carboxylic acids is 3. The van der Waals surface area contributed by atoms with E-state index in [0.717, 1.165) is 16.8 Å². The van der Waals surface area contributed by atoms with Crippen LogP contribution >= 0.6 is 0 Å². The molecule has 2 aromatic carbocycles. The van der Waals surface area contributed by atoms with Gasteiger partial charge in [-0.15, -0.1) is 0 Å². The first-order valence-electron chi connectivity index (χ1n) is 11.2. The van der Waals surface area contributed by atoms with Gasteiger partial charge in [-0.05, 0) is 48.7 Å². The predicted molar refractivity (Wildman–Crippen MR) is 128 cm³/mol. The summed E-state index contributed by atoms with van der Waals surface area (Å²) >= 11 is 0. The van der Waals surface area contributed by atoms with Crippen molar-refractivity contribution >= 4 is 29.7 Å². The summed E-state index contributed by atoms with van der Waals surface area (Å²) in [6.45, 7) is 2.52. The van der Waals surface area contributed by atoms with Crippen molar-refractivity contribution in [3.05, 3.63) is 59.7 Å². The van der Waals surface area contributed by atoms with Gasteiger partial charge in [-0.25, -0.2) is 0 Å². The van der Waals surface area contributed by atoms with Gasteiger partial charge in [-0.3, -0.25) is 14.4 Å². The van der Waals surface area contributed by atoms with E-state index in [-0.39, 0.29) is 31.3 Å². The van der Waals surface area contributed by atoms with Crippen LogP contribution in [0, 0.1) is 5.92 Å². The minimum absolute atomic E-state index is 0.00486. The lowest BCUT2D eigenvalue weighted by Crippen LogP contribution is -2.34. The van der Waals surface area contributed by atoms with Crippen molar-refractivity contribution in [3.8, 4) is 5.75 Å². The average Bonchev–Trinajstić information content (AvgIpc) is 3.19. The van der Waals surface area contributed by atoms with Crippen LogP contribution in [0.2, 0.25) is 0 Å². The molecule has 1 aliphatic rings. The average molecular weight is 467 g/mol. The first-order valence-corrected chi connectivity index (χ1v) is 11.2. The molecular formula is C25H30N4O5. The number of ether oxygens (including phenoxy) is 2. The maximum Gasteiger partial charge on any atom is 0.308 e. The van der Waals surface area contributed by atoms with Gasteiger partial charge in [-0.1, -0.05) is 24.3 Å². The molecule has 180 valence electrons. The zero-order valence-electron chi connectivity index (χ0n) is 19.4. The summed E-state index contributed by atoms with van der Waals surface area (Å²) in [7, 11) is 1.57. The zero-order chi connectivity index (χ0) is 24.5. The van der Waals surface area contributed by atoms with Crippen molar-refractivity contribution in [1.29, 1.82) is 0 Å². The van der Waals surface area contributed by atoms with E-state index in [9.17, 15) is 14.4 Å². The van der Waals surface area contributed by atoms with Crippen molar-refractivity contribution in [2.75, 3.05) is 25.2 Å². The third-order valence-corrected chi connectivity index (χ3v) is 5.71. The molecule has 0 aromatic heterocycles. The molecule has 1 fully saturated rings. The number of carbonyl (C=O) groups is 3. The number of amides is 2. The van der Waals surface area contributed by atoms with Gasteiger partial charge in [0.15, 0.2) is 0 Å². The Hall–Kier alpha value is -3.88. The van der Waals surface area contributed by atoms with Crippen molar-refractivity contribution in [3.63, 3.8) is 0 Å². The van der Waals surface area contributed by atoms with E-state index in [0.29, 0.717) is 18.7 Å². The summed E-state index contributed by atoms with van der Waals surface area (Å²) in [6, 6.07) is 13.9. The number of esters is 1. The van der Waals surface area contributed by atoms with Crippen LogP contribution in [-0.4, -0.2) is 44.3 Å². The van der Waals surface area contributed by atoms with E-state index in [1.165, 1.54) is 6.21 Å². The Morgan fingerprint density at radius 1 is 1.21 bits per heavy atom. The number of hydrogen-bond donors (Lipinski definition) is 2. The summed E-state index contributed by atoms with van der Waals surface area (Å²) in [5.74, 6) is 4.62. The second kappa shape index (κ2) is 11.8. The largest absolute Gasteiger partial charge is 0.497 e. The van der Waals surface area contributed by atoms with Gasteiger partial charge >= 0.3 is 5.97 Å². The highest BCUT2D eigenvalue weighted by atomic mass is 16.5. The standard InChI is InChI=1S/C25H30N4O5/c1-3-34-24(31)15-22(18-6-10-21(33-2)11-7-18)28-23(30)14-19-12-13-29(25(19)32)20-8-4-17(5-9-20)16-27-26/h4-11,16,19,22H,3,12-15,26H2,1-2H3,(H,28,30). The predicted octanol–water partition coefficient (Wildman–Crippen LogP) is 2.54. The molecule has 3 N–H and O–H groups in total. The molecule has 2 unspecified atom stereocenters. The number of anilines is 1. The molecule has 1 heterocycles. The molecule has 9 nitrogen and oxygen atoms in total. The summed E-state index contributed by atoms with van der Waals surface area (Å²) < 4.78 is 10.2. The van der Waals surface area contributed by atoms with E-state index in [4.69, 9.17) is 15.3 Å². The second-order valence-corrected chi connectivity index (χ2v) is 7.95.